The van der Waals surface area contributed by atoms with Crippen LogP contribution in [0.25, 0.3) is 11.0 Å². The first-order valence-corrected chi connectivity index (χ1v) is 17.6. The van der Waals surface area contributed by atoms with Crippen LogP contribution in [-0.4, -0.2) is 102 Å². The largest absolute Gasteiger partial charge is 0.494 e. The number of benzene rings is 2. The van der Waals surface area contributed by atoms with Crippen molar-refractivity contribution in [3.8, 4) is 5.75 Å². The second-order valence-electron chi connectivity index (χ2n) is 12.3. The SMILES string of the molecule is COc1cc(N2CCC(N3CCN(C)CC3)CC2)ccc1Nc1ncc(Br)c(Nc2ccc3nccnc3c2N(C)SC2CC2)n1. The fourth-order valence-electron chi connectivity index (χ4n) is 6.31. The van der Waals surface area contributed by atoms with Crippen molar-refractivity contribution in [1.29, 1.82) is 0 Å². The summed E-state index contributed by atoms with van der Waals surface area (Å²) < 4.78 is 8.80. The molecule has 2 saturated heterocycles. The number of nitrogens with zero attached hydrogens (tertiary/aromatic N) is 8. The summed E-state index contributed by atoms with van der Waals surface area (Å²) in [7, 11) is 6.02. The Labute approximate surface area is 283 Å². The van der Waals surface area contributed by atoms with E-state index in [9.17, 15) is 0 Å². The molecule has 46 heavy (non-hydrogen) atoms. The van der Waals surface area contributed by atoms with Gasteiger partial charge in [-0.15, -0.1) is 0 Å². The maximum Gasteiger partial charge on any atom is 0.229 e. The van der Waals surface area contributed by atoms with Crippen LogP contribution in [0.3, 0.4) is 0 Å². The van der Waals surface area contributed by atoms with Crippen molar-refractivity contribution in [2.45, 2.75) is 37.0 Å². The van der Waals surface area contributed by atoms with Crippen molar-refractivity contribution in [2.75, 3.05) is 80.3 Å². The zero-order chi connectivity index (χ0) is 31.6. The molecule has 0 amide bonds. The van der Waals surface area contributed by atoms with E-state index < -0.39 is 0 Å². The first-order valence-electron chi connectivity index (χ1n) is 16.0. The van der Waals surface area contributed by atoms with Gasteiger partial charge in [0.15, 0.2) is 0 Å². The first-order chi connectivity index (χ1) is 22.4. The van der Waals surface area contributed by atoms with Gasteiger partial charge in [0.1, 0.15) is 17.1 Å². The van der Waals surface area contributed by atoms with Gasteiger partial charge in [-0.2, -0.15) is 4.98 Å². The Hall–Kier alpha value is -3.39. The molecule has 0 spiro atoms. The van der Waals surface area contributed by atoms with E-state index in [1.807, 2.05) is 24.1 Å². The molecule has 3 fully saturated rings. The predicted octanol–water partition coefficient (Wildman–Crippen LogP) is 6.14. The molecule has 2 N–H and O–H groups in total. The van der Waals surface area contributed by atoms with E-state index in [4.69, 9.17) is 9.72 Å². The number of rotatable bonds is 10. The van der Waals surface area contributed by atoms with Crippen LogP contribution in [0.2, 0.25) is 0 Å². The van der Waals surface area contributed by atoms with Gasteiger partial charge in [0.25, 0.3) is 0 Å². The minimum Gasteiger partial charge on any atom is -0.494 e. The number of methoxy groups -OCH3 is 1. The van der Waals surface area contributed by atoms with Crippen LogP contribution in [0.15, 0.2) is 53.4 Å². The predicted molar refractivity (Wildman–Crippen MR) is 192 cm³/mol. The van der Waals surface area contributed by atoms with E-state index in [0.717, 1.165) is 51.4 Å². The van der Waals surface area contributed by atoms with Gasteiger partial charge in [-0.1, -0.05) is 0 Å². The summed E-state index contributed by atoms with van der Waals surface area (Å²) in [5, 5.41) is 7.57. The smallest absolute Gasteiger partial charge is 0.229 e. The number of ether oxygens (including phenoxy) is 1. The molecule has 0 unspecified atom stereocenters. The summed E-state index contributed by atoms with van der Waals surface area (Å²) in [5.74, 6) is 1.87. The van der Waals surface area contributed by atoms with Crippen LogP contribution >= 0.6 is 27.9 Å². The fourth-order valence-corrected chi connectivity index (χ4v) is 7.69. The lowest BCUT2D eigenvalue weighted by molar-refractivity contribution is 0.0982. The van der Waals surface area contributed by atoms with E-state index in [1.165, 1.54) is 57.5 Å². The highest BCUT2D eigenvalue weighted by Gasteiger charge is 2.28. The lowest BCUT2D eigenvalue weighted by Gasteiger charge is -2.42. The minimum atomic E-state index is 0.465. The molecule has 11 nitrogen and oxygen atoms in total. The fraction of sp³-hybridized carbons (Fsp3) is 0.455. The van der Waals surface area contributed by atoms with Crippen molar-refractivity contribution < 1.29 is 4.74 Å². The highest BCUT2D eigenvalue weighted by molar-refractivity contribution is 9.10. The Morgan fingerprint density at radius 2 is 1.67 bits per heavy atom. The Balaban J connectivity index is 1.06. The van der Waals surface area contributed by atoms with Gasteiger partial charge in [0.05, 0.1) is 34.2 Å². The van der Waals surface area contributed by atoms with Gasteiger partial charge >= 0.3 is 0 Å². The topological polar surface area (TPSA) is 97.8 Å². The molecule has 0 bridgehead atoms. The minimum absolute atomic E-state index is 0.465. The molecule has 1 aliphatic carbocycles. The van der Waals surface area contributed by atoms with Crippen LogP contribution in [-0.2, 0) is 0 Å². The number of anilines is 6. The summed E-state index contributed by atoms with van der Waals surface area (Å²) in [6.45, 7) is 6.80. The standard InChI is InChI=1S/C33H41BrN10OS/c1-41-16-18-44(19-17-41)22-10-14-43(15-11-22)23-4-7-26(29(20-23)45-3)39-33-37-21-25(34)32(40-33)38-28-9-8-27-30(36-13-12-35-27)31(28)42(2)46-24-5-6-24/h4,7-9,12-13,20-22,24H,5-6,10-11,14-19H2,1-3H3,(H2,37,38,39,40). The lowest BCUT2D eigenvalue weighted by atomic mass is 10.0. The number of hydrogen-bond acceptors (Lipinski definition) is 12. The van der Waals surface area contributed by atoms with Gasteiger partial charge in [0.2, 0.25) is 5.95 Å². The Morgan fingerprint density at radius 3 is 2.43 bits per heavy atom. The molecule has 0 radical (unpaired) electrons. The number of fused-ring (bicyclic) bond motifs is 1. The maximum absolute atomic E-state index is 5.84. The molecule has 2 aliphatic heterocycles. The second kappa shape index (κ2) is 13.8. The van der Waals surface area contributed by atoms with Gasteiger partial charge < -0.3 is 29.5 Å². The summed E-state index contributed by atoms with van der Waals surface area (Å²) in [6, 6.07) is 11.0. The van der Waals surface area contributed by atoms with Gasteiger partial charge in [-0.05, 0) is 84.9 Å². The molecule has 4 aromatic rings. The zero-order valence-corrected chi connectivity index (χ0v) is 29.0. The third-order valence-corrected chi connectivity index (χ3v) is 10.9. The normalized spacial score (nSPS) is 18.1. The van der Waals surface area contributed by atoms with Crippen LogP contribution in [0, 0.1) is 0 Å². The molecular formula is C33H41BrN10OS. The Bertz CT molecular complexity index is 1670. The lowest BCUT2D eigenvalue weighted by Crippen LogP contribution is -2.52. The first kappa shape index (κ1) is 31.2. The quantitative estimate of drug-likeness (QED) is 0.186. The zero-order valence-electron chi connectivity index (χ0n) is 26.6. The molecule has 7 rings (SSSR count). The number of hydrogen-bond donors (Lipinski definition) is 2. The van der Waals surface area contributed by atoms with Crippen LogP contribution in [0.1, 0.15) is 25.7 Å². The van der Waals surface area contributed by atoms with E-state index in [-0.39, 0.29) is 0 Å². The summed E-state index contributed by atoms with van der Waals surface area (Å²) in [5.41, 5.74) is 5.57. The molecule has 2 aromatic heterocycles. The molecule has 13 heteroatoms. The third kappa shape index (κ3) is 6.97. The van der Waals surface area contributed by atoms with Crippen molar-refractivity contribution in [3.05, 3.63) is 53.4 Å². The molecule has 3 aliphatic rings. The van der Waals surface area contributed by atoms with Crippen molar-refractivity contribution in [3.63, 3.8) is 0 Å². The molecule has 1 saturated carbocycles. The number of piperazine rings is 1. The molecule has 2 aromatic carbocycles. The second-order valence-corrected chi connectivity index (χ2v) is 14.5. The monoisotopic (exact) mass is 704 g/mol. The van der Waals surface area contributed by atoms with E-state index in [0.29, 0.717) is 23.1 Å². The molecule has 4 heterocycles. The van der Waals surface area contributed by atoms with E-state index >= 15 is 0 Å². The number of nitrogens with one attached hydrogen (secondary N) is 2. The number of halogens is 1. The van der Waals surface area contributed by atoms with Gasteiger partial charge in [-0.3, -0.25) is 14.9 Å². The average molecular weight is 706 g/mol. The van der Waals surface area contributed by atoms with Gasteiger partial charge in [0, 0.05) is 88.0 Å². The van der Waals surface area contributed by atoms with Crippen LogP contribution in [0.5, 0.6) is 5.75 Å². The number of aromatic nitrogens is 4. The third-order valence-electron chi connectivity index (χ3n) is 9.07. The van der Waals surface area contributed by atoms with Crippen molar-refractivity contribution >= 4 is 73.4 Å². The van der Waals surface area contributed by atoms with Crippen molar-refractivity contribution in [2.24, 2.45) is 0 Å². The summed E-state index contributed by atoms with van der Waals surface area (Å²) >= 11 is 5.49. The average Bonchev–Trinajstić information content (AvgIpc) is 3.90. The maximum atomic E-state index is 5.84. The van der Waals surface area contributed by atoms with Crippen LogP contribution < -0.4 is 24.6 Å². The highest BCUT2D eigenvalue weighted by atomic mass is 79.9. The Kier molecular flexibility index (Phi) is 9.34. The number of piperidine rings is 1. The van der Waals surface area contributed by atoms with E-state index in [1.54, 1.807) is 25.7 Å². The molecular weight excluding hydrogens is 664 g/mol. The Morgan fingerprint density at radius 1 is 0.913 bits per heavy atom. The summed E-state index contributed by atoms with van der Waals surface area (Å²) in [4.78, 5) is 26.2. The van der Waals surface area contributed by atoms with E-state index in [2.05, 4.69) is 92.8 Å². The van der Waals surface area contributed by atoms with Gasteiger partial charge in [-0.25, -0.2) is 4.98 Å². The molecule has 242 valence electrons. The molecule has 0 atom stereocenters. The number of likely N-dealkylation sites (N-methyl/N-ethyl adjacent to an activating group) is 1. The highest BCUT2D eigenvalue weighted by Crippen LogP contribution is 2.43. The summed E-state index contributed by atoms with van der Waals surface area (Å²) in [6.07, 6.45) is 10.1. The van der Waals surface area contributed by atoms with Crippen molar-refractivity contribution in [1.82, 2.24) is 29.7 Å². The van der Waals surface area contributed by atoms with Crippen LogP contribution in [0.4, 0.5) is 34.5 Å².